The molecule has 1 saturated carbocycles. The predicted molar refractivity (Wildman–Crippen MR) is 175 cm³/mol. The first-order chi connectivity index (χ1) is 21.2. The summed E-state index contributed by atoms with van der Waals surface area (Å²) in [6.07, 6.45) is 2.42. The van der Waals surface area contributed by atoms with Crippen LogP contribution in [0, 0.1) is 0 Å². The summed E-state index contributed by atoms with van der Waals surface area (Å²) in [6, 6.07) is 10.1. The highest BCUT2D eigenvalue weighted by atomic mass is 35.5. The number of nitrogens with one attached hydrogen (secondary N) is 2. The van der Waals surface area contributed by atoms with Crippen LogP contribution in [0.4, 0.5) is 19.1 Å². The average molecular weight is 663 g/mol. The van der Waals surface area contributed by atoms with Gasteiger partial charge in [0.05, 0.1) is 17.1 Å². The summed E-state index contributed by atoms with van der Waals surface area (Å²) in [5.41, 5.74) is 4.28. The van der Waals surface area contributed by atoms with Gasteiger partial charge < -0.3 is 10.6 Å². The molecule has 0 saturated heterocycles. The molecule has 0 amide bonds. The molecule has 8 nitrogen and oxygen atoms in total. The zero-order valence-electron chi connectivity index (χ0n) is 25.7. The molecule has 0 spiro atoms. The third-order valence-corrected chi connectivity index (χ3v) is 9.85. The molecule has 0 unspecified atom stereocenters. The molecule has 45 heavy (non-hydrogen) atoms. The van der Waals surface area contributed by atoms with Crippen molar-refractivity contribution in [3.05, 3.63) is 77.1 Å². The minimum Gasteiger partial charge on any atom is -0.351 e. The van der Waals surface area contributed by atoms with Crippen LogP contribution < -0.4 is 10.6 Å². The number of rotatable bonds is 10. The molecule has 3 aromatic rings. The van der Waals surface area contributed by atoms with E-state index in [0.717, 1.165) is 40.4 Å². The summed E-state index contributed by atoms with van der Waals surface area (Å²) in [5, 5.41) is 7.37. The van der Waals surface area contributed by atoms with Gasteiger partial charge in [-0.05, 0) is 100 Å². The SMILES string of the molecule is C=CC(=NS(=O)(=O)c1ccccc1Cl)N/C(C)=C(\C)c1cc(CC)c2nc(NC3CCC(N(C)CC(F)(F)F)CC3)ncc2c1. The Hall–Kier alpha value is -3.48. The second-order valence-electron chi connectivity index (χ2n) is 11.3. The normalized spacial score (nSPS) is 18.6. The van der Waals surface area contributed by atoms with Gasteiger partial charge in [0.1, 0.15) is 10.7 Å². The Morgan fingerprint density at radius 1 is 1.18 bits per heavy atom. The Kier molecular flexibility index (Phi) is 10.9. The maximum absolute atomic E-state index is 12.9. The fraction of sp³-hybridized carbons (Fsp3) is 0.406. The molecular weight excluding hydrogens is 625 g/mol. The van der Waals surface area contributed by atoms with Gasteiger partial charge in [-0.25, -0.2) is 9.97 Å². The fourth-order valence-corrected chi connectivity index (χ4v) is 6.95. The lowest BCUT2D eigenvalue weighted by molar-refractivity contribution is -0.148. The summed E-state index contributed by atoms with van der Waals surface area (Å²) in [5.74, 6) is 0.553. The van der Waals surface area contributed by atoms with Crippen LogP contribution in [0.3, 0.4) is 0 Å². The molecule has 1 aromatic heterocycles. The Bertz CT molecular complexity index is 1720. The van der Waals surface area contributed by atoms with E-state index in [1.807, 2.05) is 32.9 Å². The number of amidine groups is 1. The zero-order chi connectivity index (χ0) is 32.9. The standard InChI is InChI=1S/C32H38ClF3N6O2S/c1-6-22-16-23(20(3)21(4)38-29(7-2)41-45(43,44)28-11-9-8-10-27(28)33)17-24-18-37-31(40-30(22)24)39-25-12-14-26(15-13-25)42(5)19-32(34,35)36/h7-11,16-18,25-26H,2,6,12-15,19H2,1,3-5H3,(H,38,41)(H,37,39,40)/b21-20+. The van der Waals surface area contributed by atoms with E-state index < -0.39 is 22.7 Å². The maximum atomic E-state index is 12.9. The largest absolute Gasteiger partial charge is 0.401 e. The summed E-state index contributed by atoms with van der Waals surface area (Å²) in [6.45, 7) is 8.60. The molecule has 0 aliphatic heterocycles. The van der Waals surface area contributed by atoms with E-state index in [2.05, 4.69) is 26.6 Å². The Labute approximate surface area is 267 Å². The number of sulfonamides is 1. The van der Waals surface area contributed by atoms with E-state index in [-0.39, 0.29) is 27.8 Å². The number of fused-ring (bicyclic) bond motifs is 1. The van der Waals surface area contributed by atoms with Crippen molar-refractivity contribution in [1.82, 2.24) is 20.2 Å². The van der Waals surface area contributed by atoms with Crippen molar-refractivity contribution in [3.8, 4) is 0 Å². The Morgan fingerprint density at radius 2 is 1.87 bits per heavy atom. The van der Waals surface area contributed by atoms with E-state index in [1.54, 1.807) is 18.3 Å². The minimum atomic E-state index is -4.20. The molecule has 13 heteroatoms. The third-order valence-electron chi connectivity index (χ3n) is 8.06. The highest BCUT2D eigenvalue weighted by Gasteiger charge is 2.33. The number of alkyl halides is 3. The number of anilines is 1. The zero-order valence-corrected chi connectivity index (χ0v) is 27.3. The van der Waals surface area contributed by atoms with Crippen molar-refractivity contribution < 1.29 is 21.6 Å². The molecule has 1 aliphatic carbocycles. The summed E-state index contributed by atoms with van der Waals surface area (Å²) >= 11 is 6.09. The first-order valence-electron chi connectivity index (χ1n) is 14.7. The molecule has 2 N–H and O–H groups in total. The molecule has 4 rings (SSSR count). The number of hydrogen-bond acceptors (Lipinski definition) is 6. The first kappa shape index (κ1) is 34.4. The van der Waals surface area contributed by atoms with Gasteiger partial charge in [-0.1, -0.05) is 37.2 Å². The van der Waals surface area contributed by atoms with Gasteiger partial charge in [-0.2, -0.15) is 21.6 Å². The number of nitrogens with zero attached hydrogens (tertiary/aromatic N) is 4. The average Bonchev–Trinajstić information content (AvgIpc) is 2.99. The van der Waals surface area contributed by atoms with Crippen LogP contribution in [-0.2, 0) is 16.4 Å². The smallest absolute Gasteiger partial charge is 0.351 e. The lowest BCUT2D eigenvalue weighted by Gasteiger charge is -2.35. The molecule has 1 fully saturated rings. The second-order valence-corrected chi connectivity index (χ2v) is 13.2. The van der Waals surface area contributed by atoms with E-state index in [1.165, 1.54) is 30.2 Å². The van der Waals surface area contributed by atoms with E-state index >= 15 is 0 Å². The van der Waals surface area contributed by atoms with Crippen molar-refractivity contribution in [2.24, 2.45) is 4.40 Å². The van der Waals surface area contributed by atoms with E-state index in [9.17, 15) is 21.6 Å². The molecule has 0 bridgehead atoms. The summed E-state index contributed by atoms with van der Waals surface area (Å²) in [7, 11) is -2.54. The molecule has 0 radical (unpaired) electrons. The van der Waals surface area contributed by atoms with Gasteiger partial charge in [-0.3, -0.25) is 4.90 Å². The molecule has 2 aromatic carbocycles. The van der Waals surface area contributed by atoms with Crippen molar-refractivity contribution >= 4 is 49.9 Å². The first-order valence-corrected chi connectivity index (χ1v) is 16.5. The van der Waals surface area contributed by atoms with Gasteiger partial charge >= 0.3 is 6.18 Å². The van der Waals surface area contributed by atoms with E-state index in [0.29, 0.717) is 30.9 Å². The summed E-state index contributed by atoms with van der Waals surface area (Å²) in [4.78, 5) is 10.6. The van der Waals surface area contributed by atoms with Crippen molar-refractivity contribution in [1.29, 1.82) is 0 Å². The van der Waals surface area contributed by atoms with Crippen molar-refractivity contribution in [3.63, 3.8) is 0 Å². The molecule has 1 aliphatic rings. The number of aryl methyl sites for hydroxylation is 1. The van der Waals surface area contributed by atoms with Gasteiger partial charge in [-0.15, -0.1) is 4.40 Å². The van der Waals surface area contributed by atoms with Gasteiger partial charge in [0.15, 0.2) is 0 Å². The van der Waals surface area contributed by atoms with Crippen LogP contribution in [0.25, 0.3) is 16.5 Å². The van der Waals surface area contributed by atoms with Crippen molar-refractivity contribution in [2.75, 3.05) is 18.9 Å². The monoisotopic (exact) mass is 662 g/mol. The van der Waals surface area contributed by atoms with Crippen LogP contribution in [0.15, 0.2) is 70.2 Å². The predicted octanol–water partition coefficient (Wildman–Crippen LogP) is 7.38. The highest BCUT2D eigenvalue weighted by molar-refractivity contribution is 7.90. The molecule has 0 atom stereocenters. The number of hydrogen-bond donors (Lipinski definition) is 2. The highest BCUT2D eigenvalue weighted by Crippen LogP contribution is 2.29. The Balaban J connectivity index is 1.51. The van der Waals surface area contributed by atoms with Crippen LogP contribution in [0.2, 0.25) is 5.02 Å². The van der Waals surface area contributed by atoms with Crippen LogP contribution >= 0.6 is 11.6 Å². The van der Waals surface area contributed by atoms with Gasteiger partial charge in [0.25, 0.3) is 10.0 Å². The van der Waals surface area contributed by atoms with Crippen molar-refractivity contribution in [2.45, 2.75) is 76.0 Å². The lowest BCUT2D eigenvalue weighted by atomic mass is 9.90. The van der Waals surface area contributed by atoms with Crippen LogP contribution in [0.1, 0.15) is 57.6 Å². The Morgan fingerprint density at radius 3 is 2.49 bits per heavy atom. The molecule has 1 heterocycles. The number of allylic oxidation sites excluding steroid dienone is 2. The number of benzene rings is 2. The van der Waals surface area contributed by atoms with E-state index in [4.69, 9.17) is 16.6 Å². The summed E-state index contributed by atoms with van der Waals surface area (Å²) < 4.78 is 68.1. The molecule has 242 valence electrons. The third kappa shape index (κ3) is 8.83. The minimum absolute atomic E-state index is 0.0587. The van der Waals surface area contributed by atoms with Gasteiger partial charge in [0.2, 0.25) is 5.95 Å². The lowest BCUT2D eigenvalue weighted by Crippen LogP contribution is -2.42. The van der Waals surface area contributed by atoms with Crippen LogP contribution in [0.5, 0.6) is 0 Å². The second kappa shape index (κ2) is 14.3. The van der Waals surface area contributed by atoms with Crippen LogP contribution in [-0.4, -0.2) is 61.0 Å². The fourth-order valence-electron chi connectivity index (χ4n) is 5.48. The topological polar surface area (TPSA) is 99.6 Å². The molecular formula is C32H38ClF3N6O2S. The maximum Gasteiger partial charge on any atom is 0.401 e. The number of halogens is 4. The number of aromatic nitrogens is 2. The van der Waals surface area contributed by atoms with Gasteiger partial charge in [0, 0.05) is 29.4 Å². The quantitative estimate of drug-likeness (QED) is 0.173.